The van der Waals surface area contributed by atoms with Crippen LogP contribution in [0.1, 0.15) is 30.1 Å². The van der Waals surface area contributed by atoms with Gasteiger partial charge < -0.3 is 9.73 Å². The molecule has 1 N–H and O–H groups in total. The van der Waals surface area contributed by atoms with E-state index in [1.165, 1.54) is 29.7 Å². The maximum Gasteiger partial charge on any atom is 0.226 e. The lowest BCUT2D eigenvalue weighted by Gasteiger charge is -2.18. The lowest BCUT2D eigenvalue weighted by atomic mass is 10.0. The van der Waals surface area contributed by atoms with Crippen LogP contribution in [0.2, 0.25) is 0 Å². The standard InChI is InChI=1S/C19H18N2O2S/c22-17(11-15-12-24-19(20-15)16-7-4-10-23-16)21-18(14-8-9-14)13-5-2-1-3-6-13/h1-7,10,12,14,18H,8-9,11H2,(H,21,22)/t18-/m1/s1. The second kappa shape index (κ2) is 6.61. The zero-order valence-electron chi connectivity index (χ0n) is 13.1. The summed E-state index contributed by atoms with van der Waals surface area (Å²) in [7, 11) is 0. The molecule has 0 aliphatic heterocycles. The molecule has 0 unspecified atom stereocenters. The average Bonchev–Trinajstić information content (AvgIpc) is 3.09. The van der Waals surface area contributed by atoms with Crippen LogP contribution >= 0.6 is 11.3 Å². The number of benzene rings is 1. The first-order valence-corrected chi connectivity index (χ1v) is 9.00. The predicted octanol–water partition coefficient (Wildman–Crippen LogP) is 4.21. The molecular weight excluding hydrogens is 320 g/mol. The highest BCUT2D eigenvalue weighted by atomic mass is 32.1. The number of carbonyl (C=O) groups is 1. The van der Waals surface area contributed by atoms with Gasteiger partial charge in [0.25, 0.3) is 0 Å². The largest absolute Gasteiger partial charge is 0.462 e. The van der Waals surface area contributed by atoms with Gasteiger partial charge in [-0.1, -0.05) is 30.3 Å². The zero-order chi connectivity index (χ0) is 16.4. The van der Waals surface area contributed by atoms with E-state index >= 15 is 0 Å². The summed E-state index contributed by atoms with van der Waals surface area (Å²) in [5.74, 6) is 1.32. The first kappa shape index (κ1) is 15.1. The van der Waals surface area contributed by atoms with Crippen LogP contribution in [0.5, 0.6) is 0 Å². The molecule has 3 aromatic rings. The van der Waals surface area contributed by atoms with Gasteiger partial charge in [0.2, 0.25) is 5.91 Å². The second-order valence-corrected chi connectivity index (χ2v) is 6.95. The number of nitrogens with zero attached hydrogens (tertiary/aromatic N) is 1. The predicted molar refractivity (Wildman–Crippen MR) is 93.6 cm³/mol. The molecule has 1 amide bonds. The fraction of sp³-hybridized carbons (Fsp3) is 0.263. The fourth-order valence-electron chi connectivity index (χ4n) is 2.85. The van der Waals surface area contributed by atoms with Gasteiger partial charge in [0.05, 0.1) is 24.4 Å². The van der Waals surface area contributed by atoms with Crippen LogP contribution in [-0.2, 0) is 11.2 Å². The normalized spacial score (nSPS) is 15.2. The van der Waals surface area contributed by atoms with Crippen molar-refractivity contribution in [1.29, 1.82) is 0 Å². The Labute approximate surface area is 144 Å². The van der Waals surface area contributed by atoms with Gasteiger partial charge in [-0.3, -0.25) is 4.79 Å². The zero-order valence-corrected chi connectivity index (χ0v) is 14.0. The first-order chi connectivity index (χ1) is 11.8. The molecule has 1 aliphatic carbocycles. The highest BCUT2D eigenvalue weighted by Crippen LogP contribution is 2.41. The Morgan fingerprint density at radius 2 is 2.08 bits per heavy atom. The molecule has 0 bridgehead atoms. The van der Waals surface area contributed by atoms with Crippen LogP contribution in [0, 0.1) is 5.92 Å². The highest BCUT2D eigenvalue weighted by molar-refractivity contribution is 7.13. The van der Waals surface area contributed by atoms with Gasteiger partial charge in [0.1, 0.15) is 0 Å². The third-order valence-electron chi connectivity index (χ3n) is 4.19. The average molecular weight is 338 g/mol. The number of carbonyl (C=O) groups excluding carboxylic acids is 1. The Morgan fingerprint density at radius 1 is 1.25 bits per heavy atom. The molecule has 2 heterocycles. The van der Waals surface area contributed by atoms with Gasteiger partial charge in [-0.25, -0.2) is 4.98 Å². The van der Waals surface area contributed by atoms with Gasteiger partial charge in [-0.15, -0.1) is 11.3 Å². The number of thiazole rings is 1. The van der Waals surface area contributed by atoms with Gasteiger partial charge in [0.15, 0.2) is 10.8 Å². The molecule has 4 rings (SSSR count). The molecule has 4 nitrogen and oxygen atoms in total. The summed E-state index contributed by atoms with van der Waals surface area (Å²) in [6, 6.07) is 14.0. The minimum absolute atomic E-state index is 0.0204. The van der Waals surface area contributed by atoms with E-state index < -0.39 is 0 Å². The number of hydrogen-bond acceptors (Lipinski definition) is 4. The smallest absolute Gasteiger partial charge is 0.226 e. The molecule has 0 spiro atoms. The van der Waals surface area contributed by atoms with Crippen molar-refractivity contribution >= 4 is 17.2 Å². The van der Waals surface area contributed by atoms with E-state index in [0.717, 1.165) is 16.5 Å². The summed E-state index contributed by atoms with van der Waals surface area (Å²) in [4.78, 5) is 17.0. The maximum atomic E-state index is 12.5. The molecule has 0 saturated heterocycles. The monoisotopic (exact) mass is 338 g/mol. The second-order valence-electron chi connectivity index (χ2n) is 6.09. The van der Waals surface area contributed by atoms with E-state index in [0.29, 0.717) is 12.3 Å². The highest BCUT2D eigenvalue weighted by Gasteiger charge is 2.33. The summed E-state index contributed by atoms with van der Waals surface area (Å²) < 4.78 is 5.35. The van der Waals surface area contributed by atoms with Gasteiger partial charge in [0, 0.05) is 5.38 Å². The summed E-state index contributed by atoms with van der Waals surface area (Å²) in [6.07, 6.45) is 4.29. The number of rotatable bonds is 6. The number of hydrogen-bond donors (Lipinski definition) is 1. The van der Waals surface area contributed by atoms with Crippen LogP contribution in [0.3, 0.4) is 0 Å². The van der Waals surface area contributed by atoms with E-state index in [2.05, 4.69) is 22.4 Å². The molecule has 1 saturated carbocycles. The van der Waals surface area contributed by atoms with Crippen molar-refractivity contribution in [1.82, 2.24) is 10.3 Å². The molecule has 1 fully saturated rings. The van der Waals surface area contributed by atoms with Crippen molar-refractivity contribution in [2.24, 2.45) is 5.92 Å². The van der Waals surface area contributed by atoms with E-state index in [1.807, 2.05) is 35.7 Å². The fourth-order valence-corrected chi connectivity index (χ4v) is 3.64. The minimum Gasteiger partial charge on any atom is -0.462 e. The van der Waals surface area contributed by atoms with Crippen LogP contribution in [0.25, 0.3) is 10.8 Å². The number of furan rings is 1. The van der Waals surface area contributed by atoms with E-state index in [-0.39, 0.29) is 11.9 Å². The SMILES string of the molecule is O=C(Cc1csc(-c2ccco2)n1)N[C@H](c1ccccc1)C1CC1. The number of nitrogens with one attached hydrogen (secondary N) is 1. The molecule has 122 valence electrons. The van der Waals surface area contributed by atoms with Crippen molar-refractivity contribution in [3.8, 4) is 10.8 Å². The third kappa shape index (κ3) is 3.41. The van der Waals surface area contributed by atoms with Gasteiger partial charge in [-0.05, 0) is 36.5 Å². The van der Waals surface area contributed by atoms with Crippen molar-refractivity contribution in [3.05, 3.63) is 65.4 Å². The summed E-state index contributed by atoms with van der Waals surface area (Å²) in [5, 5.41) is 5.92. The molecule has 24 heavy (non-hydrogen) atoms. The van der Waals surface area contributed by atoms with Crippen LogP contribution in [-0.4, -0.2) is 10.9 Å². The molecular formula is C19H18N2O2S. The lowest BCUT2D eigenvalue weighted by Crippen LogP contribution is -2.31. The Kier molecular flexibility index (Phi) is 4.17. The lowest BCUT2D eigenvalue weighted by molar-refractivity contribution is -0.121. The van der Waals surface area contributed by atoms with Crippen molar-refractivity contribution < 1.29 is 9.21 Å². The number of amides is 1. The summed E-state index contributed by atoms with van der Waals surface area (Å²) in [6.45, 7) is 0. The molecule has 1 aromatic carbocycles. The van der Waals surface area contributed by atoms with Gasteiger partial charge in [-0.2, -0.15) is 0 Å². The van der Waals surface area contributed by atoms with E-state index in [1.54, 1.807) is 6.26 Å². The number of aromatic nitrogens is 1. The van der Waals surface area contributed by atoms with E-state index in [4.69, 9.17) is 4.42 Å². The molecule has 1 aliphatic rings. The molecule has 0 radical (unpaired) electrons. The van der Waals surface area contributed by atoms with Crippen LogP contribution in [0.4, 0.5) is 0 Å². The quantitative estimate of drug-likeness (QED) is 0.732. The topological polar surface area (TPSA) is 55.1 Å². The minimum atomic E-state index is 0.0204. The Bertz CT molecular complexity index is 807. The van der Waals surface area contributed by atoms with Crippen LogP contribution < -0.4 is 5.32 Å². The molecule has 1 atom stereocenters. The third-order valence-corrected chi connectivity index (χ3v) is 5.10. The van der Waals surface area contributed by atoms with Crippen molar-refractivity contribution in [2.45, 2.75) is 25.3 Å². The summed E-state index contributed by atoms with van der Waals surface area (Å²) in [5.41, 5.74) is 1.97. The van der Waals surface area contributed by atoms with Crippen molar-refractivity contribution in [3.63, 3.8) is 0 Å². The Morgan fingerprint density at radius 3 is 2.79 bits per heavy atom. The van der Waals surface area contributed by atoms with E-state index in [9.17, 15) is 4.79 Å². The Hall–Kier alpha value is -2.40. The summed E-state index contributed by atoms with van der Waals surface area (Å²) >= 11 is 1.50. The van der Waals surface area contributed by atoms with Crippen LogP contribution in [0.15, 0.2) is 58.5 Å². The van der Waals surface area contributed by atoms with Crippen molar-refractivity contribution in [2.75, 3.05) is 0 Å². The molecule has 2 aromatic heterocycles. The first-order valence-electron chi connectivity index (χ1n) is 8.12. The van der Waals surface area contributed by atoms with Gasteiger partial charge >= 0.3 is 0 Å². The molecule has 5 heteroatoms. The Balaban J connectivity index is 1.42. The maximum absolute atomic E-state index is 12.5.